The van der Waals surface area contributed by atoms with E-state index in [4.69, 9.17) is 0 Å². The van der Waals surface area contributed by atoms with Gasteiger partial charge in [-0.3, -0.25) is 19.7 Å². The SMILES string of the molecule is Cc1ccc([N+](=O)[O-])cc1NC(=O)C(C)Sc1ccc(NC(=O)c2ccccc2C(=O)O)cc1. The molecule has 0 radical (unpaired) electrons. The van der Waals surface area contributed by atoms with Gasteiger partial charge in [0, 0.05) is 22.7 Å². The number of hydrogen-bond donors (Lipinski definition) is 3. The molecule has 0 aliphatic rings. The van der Waals surface area contributed by atoms with Crippen LogP contribution in [-0.4, -0.2) is 33.1 Å². The maximum absolute atomic E-state index is 12.6. The Hall–Kier alpha value is -4.18. The van der Waals surface area contributed by atoms with Crippen molar-refractivity contribution in [2.75, 3.05) is 10.6 Å². The zero-order valence-electron chi connectivity index (χ0n) is 18.3. The minimum absolute atomic E-state index is 0.0511. The van der Waals surface area contributed by atoms with Gasteiger partial charge in [-0.2, -0.15) is 0 Å². The van der Waals surface area contributed by atoms with Gasteiger partial charge in [0.25, 0.3) is 11.6 Å². The van der Waals surface area contributed by atoms with Crippen LogP contribution < -0.4 is 10.6 Å². The molecule has 2 amide bonds. The number of carboxylic acids is 1. The topological polar surface area (TPSA) is 139 Å². The third-order valence-corrected chi connectivity index (χ3v) is 6.00. The standard InChI is InChI=1S/C24H21N3O6S/c1-14-7-10-17(27(32)33)13-21(14)26-22(28)15(2)34-18-11-8-16(9-12-18)25-23(29)19-5-3-4-6-20(19)24(30)31/h3-13,15H,1-2H3,(H,25,29)(H,26,28)(H,30,31). The van der Waals surface area contributed by atoms with E-state index in [9.17, 15) is 29.6 Å². The van der Waals surface area contributed by atoms with Gasteiger partial charge >= 0.3 is 5.97 Å². The molecule has 34 heavy (non-hydrogen) atoms. The molecule has 3 N–H and O–H groups in total. The van der Waals surface area contributed by atoms with Crippen LogP contribution in [0.2, 0.25) is 0 Å². The number of rotatable bonds is 8. The normalized spacial score (nSPS) is 11.4. The maximum atomic E-state index is 12.6. The number of nitrogens with zero attached hydrogens (tertiary/aromatic N) is 1. The summed E-state index contributed by atoms with van der Waals surface area (Å²) in [5.41, 5.74) is 1.41. The van der Waals surface area contributed by atoms with Crippen LogP contribution in [0.4, 0.5) is 17.1 Å². The number of aromatic carboxylic acids is 1. The molecule has 174 valence electrons. The molecule has 9 nitrogen and oxygen atoms in total. The summed E-state index contributed by atoms with van der Waals surface area (Å²) in [5.74, 6) is -2.04. The summed E-state index contributed by atoms with van der Waals surface area (Å²) in [5, 5.41) is 25.1. The van der Waals surface area contributed by atoms with Crippen molar-refractivity contribution < 1.29 is 24.4 Å². The van der Waals surface area contributed by atoms with Gasteiger partial charge < -0.3 is 15.7 Å². The number of nitrogens with one attached hydrogen (secondary N) is 2. The second kappa shape index (κ2) is 10.6. The number of benzene rings is 3. The second-order valence-corrected chi connectivity index (χ2v) is 8.75. The number of hydrogen-bond acceptors (Lipinski definition) is 6. The number of nitro groups is 1. The van der Waals surface area contributed by atoms with Crippen LogP contribution in [0.5, 0.6) is 0 Å². The predicted octanol–water partition coefficient (Wildman–Crippen LogP) is 4.97. The van der Waals surface area contributed by atoms with Crippen LogP contribution in [0.3, 0.4) is 0 Å². The zero-order valence-corrected chi connectivity index (χ0v) is 19.1. The third kappa shape index (κ3) is 5.99. The summed E-state index contributed by atoms with van der Waals surface area (Å²) in [4.78, 5) is 47.6. The van der Waals surface area contributed by atoms with Gasteiger partial charge in [0.2, 0.25) is 5.91 Å². The van der Waals surface area contributed by atoms with E-state index in [1.165, 1.54) is 36.0 Å². The van der Waals surface area contributed by atoms with Crippen LogP contribution in [0, 0.1) is 17.0 Å². The Labute approximate surface area is 199 Å². The van der Waals surface area contributed by atoms with E-state index in [1.54, 1.807) is 56.3 Å². The van der Waals surface area contributed by atoms with Crippen molar-refractivity contribution in [3.8, 4) is 0 Å². The highest BCUT2D eigenvalue weighted by Crippen LogP contribution is 2.27. The van der Waals surface area contributed by atoms with Crippen molar-refractivity contribution in [1.29, 1.82) is 0 Å². The lowest BCUT2D eigenvalue weighted by atomic mass is 10.1. The number of carbonyl (C=O) groups is 3. The molecule has 1 atom stereocenters. The summed E-state index contributed by atoms with van der Waals surface area (Å²) in [7, 11) is 0. The Balaban J connectivity index is 1.63. The van der Waals surface area contributed by atoms with E-state index in [1.807, 2.05) is 0 Å². The number of nitro benzene ring substituents is 1. The minimum atomic E-state index is -1.19. The molecule has 3 aromatic carbocycles. The van der Waals surface area contributed by atoms with Gasteiger partial charge in [-0.15, -0.1) is 11.8 Å². The van der Waals surface area contributed by atoms with Crippen LogP contribution in [-0.2, 0) is 4.79 Å². The van der Waals surface area contributed by atoms with Crippen molar-refractivity contribution >= 4 is 46.6 Å². The lowest BCUT2D eigenvalue weighted by molar-refractivity contribution is -0.384. The first-order valence-electron chi connectivity index (χ1n) is 10.1. The van der Waals surface area contributed by atoms with E-state index in [0.29, 0.717) is 16.9 Å². The lowest BCUT2D eigenvalue weighted by Gasteiger charge is -2.14. The Morgan fingerprint density at radius 2 is 1.62 bits per heavy atom. The molecular weight excluding hydrogens is 458 g/mol. The largest absolute Gasteiger partial charge is 0.478 e. The molecule has 0 aliphatic heterocycles. The number of aryl methyl sites for hydroxylation is 1. The first-order chi connectivity index (χ1) is 16.2. The number of amides is 2. The van der Waals surface area contributed by atoms with Crippen molar-refractivity contribution in [3.63, 3.8) is 0 Å². The summed E-state index contributed by atoms with van der Waals surface area (Å²) < 4.78 is 0. The lowest BCUT2D eigenvalue weighted by Crippen LogP contribution is -2.22. The Kier molecular flexibility index (Phi) is 7.64. The van der Waals surface area contributed by atoms with Gasteiger partial charge in [0.1, 0.15) is 0 Å². The van der Waals surface area contributed by atoms with E-state index in [-0.39, 0.29) is 22.7 Å². The third-order valence-electron chi connectivity index (χ3n) is 4.89. The first kappa shape index (κ1) is 24.5. The number of non-ortho nitro benzene ring substituents is 1. The molecule has 0 bridgehead atoms. The van der Waals surface area contributed by atoms with Gasteiger partial charge in [-0.25, -0.2) is 4.79 Å². The first-order valence-corrected chi connectivity index (χ1v) is 11.0. The maximum Gasteiger partial charge on any atom is 0.336 e. The predicted molar refractivity (Wildman–Crippen MR) is 130 cm³/mol. The Bertz CT molecular complexity index is 1260. The fourth-order valence-corrected chi connectivity index (χ4v) is 3.90. The van der Waals surface area contributed by atoms with E-state index >= 15 is 0 Å². The summed E-state index contributed by atoms with van der Waals surface area (Å²) in [6.07, 6.45) is 0. The molecule has 0 aliphatic carbocycles. The van der Waals surface area contributed by atoms with Crippen molar-refractivity contribution in [2.45, 2.75) is 24.0 Å². The van der Waals surface area contributed by atoms with Gasteiger partial charge in [-0.1, -0.05) is 18.2 Å². The number of thioether (sulfide) groups is 1. The van der Waals surface area contributed by atoms with E-state index in [0.717, 1.165) is 4.90 Å². The van der Waals surface area contributed by atoms with Crippen molar-refractivity contribution in [2.24, 2.45) is 0 Å². The molecule has 3 aromatic rings. The minimum Gasteiger partial charge on any atom is -0.478 e. The summed E-state index contributed by atoms with van der Waals surface area (Å²) >= 11 is 1.28. The van der Waals surface area contributed by atoms with Crippen LogP contribution >= 0.6 is 11.8 Å². The zero-order chi connectivity index (χ0) is 24.8. The molecule has 0 heterocycles. The van der Waals surface area contributed by atoms with Gasteiger partial charge in [-0.05, 0) is 55.8 Å². The average Bonchev–Trinajstić information content (AvgIpc) is 2.81. The molecule has 3 rings (SSSR count). The Morgan fingerprint density at radius 1 is 0.971 bits per heavy atom. The molecule has 0 saturated heterocycles. The molecule has 10 heteroatoms. The number of anilines is 2. The smallest absolute Gasteiger partial charge is 0.336 e. The Morgan fingerprint density at radius 3 is 2.24 bits per heavy atom. The van der Waals surface area contributed by atoms with Gasteiger partial charge in [0.05, 0.1) is 27.0 Å². The van der Waals surface area contributed by atoms with Gasteiger partial charge in [0.15, 0.2) is 0 Å². The number of carboxylic acid groups (broad SMARTS) is 1. The van der Waals surface area contributed by atoms with Crippen molar-refractivity contribution in [3.05, 3.63) is 93.5 Å². The second-order valence-electron chi connectivity index (χ2n) is 7.33. The summed E-state index contributed by atoms with van der Waals surface area (Å²) in [6, 6.07) is 17.0. The molecule has 0 saturated carbocycles. The molecule has 1 unspecified atom stereocenters. The molecule has 0 spiro atoms. The van der Waals surface area contributed by atoms with E-state index < -0.39 is 22.0 Å². The summed E-state index contributed by atoms with van der Waals surface area (Å²) in [6.45, 7) is 3.46. The molecule has 0 aromatic heterocycles. The van der Waals surface area contributed by atoms with Crippen LogP contribution in [0.25, 0.3) is 0 Å². The average molecular weight is 480 g/mol. The molecular formula is C24H21N3O6S. The fourth-order valence-electron chi connectivity index (χ4n) is 3.03. The highest BCUT2D eigenvalue weighted by molar-refractivity contribution is 8.00. The quantitative estimate of drug-likeness (QED) is 0.235. The van der Waals surface area contributed by atoms with Crippen molar-refractivity contribution in [1.82, 2.24) is 0 Å². The van der Waals surface area contributed by atoms with Crippen LogP contribution in [0.15, 0.2) is 71.6 Å². The fraction of sp³-hybridized carbons (Fsp3) is 0.125. The molecule has 0 fully saturated rings. The monoisotopic (exact) mass is 479 g/mol. The van der Waals surface area contributed by atoms with Crippen LogP contribution in [0.1, 0.15) is 33.2 Å². The highest BCUT2D eigenvalue weighted by atomic mass is 32.2. The van der Waals surface area contributed by atoms with E-state index in [2.05, 4.69) is 10.6 Å². The highest BCUT2D eigenvalue weighted by Gasteiger charge is 2.18. The number of carbonyl (C=O) groups excluding carboxylic acids is 2.